The molecule has 31 heavy (non-hydrogen) atoms. The van der Waals surface area contributed by atoms with Gasteiger partial charge in [0, 0.05) is 29.1 Å². The van der Waals surface area contributed by atoms with Crippen molar-refractivity contribution in [3.8, 4) is 34.7 Å². The minimum Gasteiger partial charge on any atom is -0.490 e. The van der Waals surface area contributed by atoms with Gasteiger partial charge in [0.1, 0.15) is 23.9 Å². The number of fused-ring (bicyclic) bond motifs is 1. The Balaban J connectivity index is 1.72. The van der Waals surface area contributed by atoms with Gasteiger partial charge in [-0.2, -0.15) is 10.2 Å². The van der Waals surface area contributed by atoms with Gasteiger partial charge >= 0.3 is 0 Å². The molecule has 0 unspecified atom stereocenters. The number of aryl methyl sites for hydroxylation is 1. The van der Waals surface area contributed by atoms with Crippen molar-refractivity contribution in [2.24, 2.45) is 0 Å². The quantitative estimate of drug-likeness (QED) is 0.432. The first-order valence-electron chi connectivity index (χ1n) is 9.79. The number of aldehydes is 1. The number of carbonyl (C=O) groups is 1. The highest BCUT2D eigenvalue weighted by molar-refractivity contribution is 5.95. The van der Waals surface area contributed by atoms with E-state index >= 15 is 0 Å². The highest BCUT2D eigenvalue weighted by atomic mass is 19.1. The number of carbonyl (C=O) groups excluding carboxylic acids is 1. The number of benzene rings is 2. The highest BCUT2D eigenvalue weighted by Gasteiger charge is 2.19. The Labute approximate surface area is 177 Å². The lowest BCUT2D eigenvalue weighted by Gasteiger charge is -2.11. The fourth-order valence-electron chi connectivity index (χ4n) is 3.43. The molecule has 7 nitrogen and oxygen atoms in total. The van der Waals surface area contributed by atoms with Crippen LogP contribution in [-0.4, -0.2) is 27.5 Å². The number of ether oxygens (including phenoxy) is 1. The van der Waals surface area contributed by atoms with Crippen LogP contribution in [0.1, 0.15) is 31.4 Å². The summed E-state index contributed by atoms with van der Waals surface area (Å²) in [5.41, 5.74) is 2.75. The Bertz CT molecular complexity index is 1300. The van der Waals surface area contributed by atoms with Gasteiger partial charge in [-0.1, -0.05) is 5.16 Å². The molecular weight excluding hydrogens is 399 g/mol. The molecule has 0 fully saturated rings. The van der Waals surface area contributed by atoms with Crippen molar-refractivity contribution in [3.63, 3.8) is 0 Å². The molecule has 0 aliphatic heterocycles. The van der Waals surface area contributed by atoms with Crippen LogP contribution in [0.2, 0.25) is 0 Å². The molecule has 4 aromatic rings. The summed E-state index contributed by atoms with van der Waals surface area (Å²) in [5.74, 6) is 0.608. The number of aromatic amines is 1. The van der Waals surface area contributed by atoms with E-state index < -0.39 is 0 Å². The monoisotopic (exact) mass is 418 g/mol. The first-order chi connectivity index (χ1) is 15.0. The summed E-state index contributed by atoms with van der Waals surface area (Å²) >= 11 is 0. The fraction of sp³-hybridized carbons (Fsp3) is 0.217. The first-order valence-corrected chi connectivity index (χ1v) is 9.79. The SMILES string of the molecule is CC(C)Oc1ccc(-c2nc(-c3ccc(F)c4c(CCC=O)c[nH]c34)no2)cc1C#N. The van der Waals surface area contributed by atoms with Crippen molar-refractivity contribution < 1.29 is 18.4 Å². The second kappa shape index (κ2) is 8.40. The lowest BCUT2D eigenvalue weighted by Crippen LogP contribution is -2.06. The van der Waals surface area contributed by atoms with Crippen molar-refractivity contribution in [1.29, 1.82) is 5.26 Å². The van der Waals surface area contributed by atoms with Crippen LogP contribution in [0.4, 0.5) is 4.39 Å². The van der Waals surface area contributed by atoms with Crippen LogP contribution in [-0.2, 0) is 11.2 Å². The predicted molar refractivity (Wildman–Crippen MR) is 112 cm³/mol. The van der Waals surface area contributed by atoms with Gasteiger partial charge in [0.15, 0.2) is 0 Å². The zero-order valence-electron chi connectivity index (χ0n) is 17.0. The average molecular weight is 418 g/mol. The van der Waals surface area contributed by atoms with Gasteiger partial charge in [-0.25, -0.2) is 4.39 Å². The molecule has 0 saturated carbocycles. The molecule has 0 bridgehead atoms. The van der Waals surface area contributed by atoms with Gasteiger partial charge in [-0.3, -0.25) is 0 Å². The third kappa shape index (κ3) is 3.90. The van der Waals surface area contributed by atoms with E-state index in [0.717, 1.165) is 6.29 Å². The summed E-state index contributed by atoms with van der Waals surface area (Å²) < 4.78 is 25.5. The number of nitriles is 1. The third-order valence-corrected chi connectivity index (χ3v) is 4.77. The zero-order valence-corrected chi connectivity index (χ0v) is 17.0. The maximum Gasteiger partial charge on any atom is 0.258 e. The smallest absolute Gasteiger partial charge is 0.258 e. The van der Waals surface area contributed by atoms with E-state index in [-0.39, 0.29) is 23.6 Å². The minimum atomic E-state index is -0.385. The lowest BCUT2D eigenvalue weighted by molar-refractivity contribution is -0.107. The summed E-state index contributed by atoms with van der Waals surface area (Å²) in [6.45, 7) is 3.77. The van der Waals surface area contributed by atoms with Gasteiger partial charge < -0.3 is 19.0 Å². The summed E-state index contributed by atoms with van der Waals surface area (Å²) in [6.07, 6.45) is 3.17. The van der Waals surface area contributed by atoms with Gasteiger partial charge in [0.2, 0.25) is 5.82 Å². The topological polar surface area (TPSA) is 105 Å². The summed E-state index contributed by atoms with van der Waals surface area (Å²) in [7, 11) is 0. The van der Waals surface area contributed by atoms with Crippen LogP contribution in [0.15, 0.2) is 41.1 Å². The van der Waals surface area contributed by atoms with Crippen molar-refractivity contribution in [1.82, 2.24) is 15.1 Å². The van der Waals surface area contributed by atoms with E-state index in [1.165, 1.54) is 6.07 Å². The Morgan fingerprint density at radius 2 is 2.16 bits per heavy atom. The summed E-state index contributed by atoms with van der Waals surface area (Å²) in [5, 5.41) is 13.9. The van der Waals surface area contributed by atoms with E-state index in [4.69, 9.17) is 9.26 Å². The number of halogens is 1. The molecular formula is C23H19FN4O3. The molecule has 0 amide bonds. The van der Waals surface area contributed by atoms with Gasteiger partial charge in [-0.15, -0.1) is 0 Å². The van der Waals surface area contributed by atoms with Gasteiger partial charge in [0.05, 0.1) is 17.2 Å². The molecule has 2 heterocycles. The van der Waals surface area contributed by atoms with Crippen molar-refractivity contribution in [3.05, 3.63) is 53.5 Å². The van der Waals surface area contributed by atoms with Crippen molar-refractivity contribution in [2.75, 3.05) is 0 Å². The molecule has 0 atom stereocenters. The first kappa shape index (κ1) is 20.3. The average Bonchev–Trinajstić information content (AvgIpc) is 3.41. The standard InChI is InChI=1S/C23H19FN4O3/c1-13(2)30-19-8-5-14(10-16(19)11-25)23-27-22(28-31-23)17-6-7-18(24)20-15(4-3-9-29)12-26-21(17)20/h5-10,12-13,26H,3-4H2,1-2H3. The van der Waals surface area contributed by atoms with Gasteiger partial charge in [0.25, 0.3) is 5.89 Å². The maximum absolute atomic E-state index is 14.5. The molecule has 4 rings (SSSR count). The Morgan fingerprint density at radius 3 is 2.90 bits per heavy atom. The predicted octanol–water partition coefficient (Wildman–Crippen LogP) is 4.81. The number of H-pyrrole nitrogens is 1. The highest BCUT2D eigenvalue weighted by Crippen LogP contribution is 2.33. The molecule has 0 saturated heterocycles. The van der Waals surface area contributed by atoms with Crippen LogP contribution in [0.5, 0.6) is 5.75 Å². The van der Waals surface area contributed by atoms with Crippen LogP contribution in [0, 0.1) is 17.1 Å². The van der Waals surface area contributed by atoms with E-state index in [2.05, 4.69) is 21.2 Å². The van der Waals surface area contributed by atoms with Crippen molar-refractivity contribution in [2.45, 2.75) is 32.8 Å². The molecule has 0 radical (unpaired) electrons. The molecule has 2 aromatic carbocycles. The van der Waals surface area contributed by atoms with E-state index in [0.29, 0.717) is 51.7 Å². The number of nitrogens with one attached hydrogen (secondary N) is 1. The number of nitrogens with zero attached hydrogens (tertiary/aromatic N) is 3. The second-order valence-electron chi connectivity index (χ2n) is 7.28. The largest absolute Gasteiger partial charge is 0.490 e. The molecule has 0 spiro atoms. The van der Waals surface area contributed by atoms with Crippen molar-refractivity contribution >= 4 is 17.2 Å². The summed E-state index contributed by atoms with van der Waals surface area (Å²) in [4.78, 5) is 18.2. The number of rotatable bonds is 7. The number of hydrogen-bond acceptors (Lipinski definition) is 6. The van der Waals surface area contributed by atoms with Crippen LogP contribution >= 0.6 is 0 Å². The van der Waals surface area contributed by atoms with Crippen LogP contribution in [0.25, 0.3) is 33.7 Å². The van der Waals surface area contributed by atoms with E-state index in [9.17, 15) is 14.4 Å². The molecule has 0 aliphatic rings. The zero-order chi connectivity index (χ0) is 22.0. The number of hydrogen-bond donors (Lipinski definition) is 1. The Hall–Kier alpha value is -3.99. The lowest BCUT2D eigenvalue weighted by atomic mass is 10.0. The van der Waals surface area contributed by atoms with E-state index in [1.54, 1.807) is 30.5 Å². The second-order valence-corrected chi connectivity index (χ2v) is 7.28. The van der Waals surface area contributed by atoms with Crippen LogP contribution in [0.3, 0.4) is 0 Å². The van der Waals surface area contributed by atoms with Crippen LogP contribution < -0.4 is 4.74 Å². The molecule has 2 aromatic heterocycles. The normalized spacial score (nSPS) is 11.1. The molecule has 0 aliphatic carbocycles. The summed E-state index contributed by atoms with van der Waals surface area (Å²) in [6, 6.07) is 10.1. The fourth-order valence-corrected chi connectivity index (χ4v) is 3.43. The van der Waals surface area contributed by atoms with Gasteiger partial charge in [-0.05, 0) is 56.2 Å². The molecule has 1 N–H and O–H groups in total. The minimum absolute atomic E-state index is 0.0638. The van der Waals surface area contributed by atoms with E-state index in [1.807, 2.05) is 13.8 Å². The molecule has 156 valence electrons. The molecule has 8 heteroatoms. The number of aromatic nitrogens is 3. The Kier molecular flexibility index (Phi) is 5.50. The Morgan fingerprint density at radius 1 is 1.32 bits per heavy atom. The third-order valence-electron chi connectivity index (χ3n) is 4.77. The maximum atomic E-state index is 14.5.